The topological polar surface area (TPSA) is 60.7 Å². The number of hydrogen-bond acceptors (Lipinski definition) is 3. The number of fused-ring (bicyclic) bond motifs is 1. The second-order valence-electron chi connectivity index (χ2n) is 12.8. The van der Waals surface area contributed by atoms with Gasteiger partial charge in [-0.1, -0.05) is 69.9 Å². The van der Waals surface area contributed by atoms with Crippen LogP contribution in [-0.2, 0) is 0 Å². The van der Waals surface area contributed by atoms with E-state index in [4.69, 9.17) is 0 Å². The van der Waals surface area contributed by atoms with E-state index in [1.54, 1.807) is 5.57 Å². The van der Waals surface area contributed by atoms with Crippen molar-refractivity contribution < 1.29 is 15.3 Å². The van der Waals surface area contributed by atoms with Gasteiger partial charge in [-0.25, -0.2) is 0 Å². The molecule has 0 aliphatic heterocycles. The molecule has 3 aliphatic rings. The van der Waals surface area contributed by atoms with E-state index >= 15 is 0 Å². The van der Waals surface area contributed by atoms with Crippen molar-refractivity contribution in [3.8, 4) is 0 Å². The summed E-state index contributed by atoms with van der Waals surface area (Å²) in [5.74, 6) is 2.79. The summed E-state index contributed by atoms with van der Waals surface area (Å²) in [7, 11) is 0. The third-order valence-electron chi connectivity index (χ3n) is 9.77. The molecule has 3 heteroatoms. The highest BCUT2D eigenvalue weighted by Gasteiger charge is 2.51. The number of unbranched alkanes of at least 4 members (excludes halogenated alkanes) is 1. The number of aliphatic hydroxyl groups excluding tert-OH is 2. The van der Waals surface area contributed by atoms with Crippen LogP contribution in [0.25, 0.3) is 0 Å². The zero-order valence-corrected chi connectivity index (χ0v) is 22.7. The fourth-order valence-electron chi connectivity index (χ4n) is 7.57. The Kier molecular flexibility index (Phi) is 9.31. The van der Waals surface area contributed by atoms with E-state index in [0.717, 1.165) is 24.3 Å². The van der Waals surface area contributed by atoms with Gasteiger partial charge in [0.2, 0.25) is 0 Å². The van der Waals surface area contributed by atoms with Crippen molar-refractivity contribution in [1.29, 1.82) is 0 Å². The smallest absolute Gasteiger partial charge is 0.0809 e. The van der Waals surface area contributed by atoms with E-state index in [1.165, 1.54) is 51.4 Å². The van der Waals surface area contributed by atoms with Crippen LogP contribution < -0.4 is 0 Å². The minimum absolute atomic E-state index is 0.362. The molecule has 0 aromatic carbocycles. The second-order valence-corrected chi connectivity index (χ2v) is 12.8. The monoisotopic (exact) mass is 472 g/mol. The van der Waals surface area contributed by atoms with Gasteiger partial charge in [0.05, 0.1) is 17.8 Å². The molecular formula is C31H52O3. The van der Waals surface area contributed by atoms with Gasteiger partial charge in [0, 0.05) is 0 Å². The Morgan fingerprint density at radius 1 is 1.12 bits per heavy atom. The molecule has 3 N–H and O–H groups in total. The first-order chi connectivity index (χ1) is 16.0. The minimum Gasteiger partial charge on any atom is -0.390 e. The number of hydrogen-bond donors (Lipinski definition) is 3. The molecule has 7 atom stereocenters. The van der Waals surface area contributed by atoms with E-state index in [9.17, 15) is 15.3 Å². The lowest BCUT2D eigenvalue weighted by atomic mass is 9.59. The molecule has 3 rings (SSSR count). The fourth-order valence-corrected chi connectivity index (χ4v) is 7.57. The maximum absolute atomic E-state index is 10.4. The van der Waals surface area contributed by atoms with Gasteiger partial charge in [-0.15, -0.1) is 0 Å². The molecule has 0 heterocycles. The van der Waals surface area contributed by atoms with Crippen molar-refractivity contribution >= 4 is 0 Å². The van der Waals surface area contributed by atoms with Crippen LogP contribution in [0.4, 0.5) is 0 Å². The highest BCUT2D eigenvalue weighted by Crippen LogP contribution is 2.60. The van der Waals surface area contributed by atoms with E-state index in [1.807, 2.05) is 13.8 Å². The first-order valence-electron chi connectivity index (χ1n) is 14.1. The van der Waals surface area contributed by atoms with Crippen molar-refractivity contribution in [3.05, 3.63) is 35.5 Å². The lowest BCUT2D eigenvalue weighted by Crippen LogP contribution is -2.38. The number of allylic oxidation sites excluding steroid dienone is 3. The van der Waals surface area contributed by atoms with Crippen molar-refractivity contribution in [1.82, 2.24) is 0 Å². The maximum atomic E-state index is 10.4. The average Bonchev–Trinajstić information content (AvgIpc) is 3.12. The van der Waals surface area contributed by atoms with Gasteiger partial charge >= 0.3 is 0 Å². The van der Waals surface area contributed by atoms with Gasteiger partial charge < -0.3 is 15.3 Å². The molecule has 3 saturated carbocycles. The summed E-state index contributed by atoms with van der Waals surface area (Å²) in [6, 6.07) is 0. The Morgan fingerprint density at radius 3 is 2.41 bits per heavy atom. The Morgan fingerprint density at radius 2 is 1.79 bits per heavy atom. The van der Waals surface area contributed by atoms with Crippen molar-refractivity contribution in [3.63, 3.8) is 0 Å². The van der Waals surface area contributed by atoms with Crippen LogP contribution in [0.3, 0.4) is 0 Å². The van der Waals surface area contributed by atoms with Gasteiger partial charge in [-0.3, -0.25) is 0 Å². The molecule has 34 heavy (non-hydrogen) atoms. The summed E-state index contributed by atoms with van der Waals surface area (Å²) in [6.07, 6.45) is 16.7. The van der Waals surface area contributed by atoms with Crippen LogP contribution in [0.5, 0.6) is 0 Å². The lowest BCUT2D eigenvalue weighted by molar-refractivity contribution is 0.0390. The largest absolute Gasteiger partial charge is 0.390 e. The molecule has 0 amide bonds. The molecule has 0 saturated heterocycles. The van der Waals surface area contributed by atoms with Crippen LogP contribution in [-0.4, -0.2) is 33.1 Å². The summed E-state index contributed by atoms with van der Waals surface area (Å²) in [6.45, 7) is 15.1. The van der Waals surface area contributed by atoms with Crippen LogP contribution in [0.15, 0.2) is 35.5 Å². The highest BCUT2D eigenvalue weighted by molar-refractivity contribution is 5.29. The van der Waals surface area contributed by atoms with E-state index in [-0.39, 0.29) is 0 Å². The lowest BCUT2D eigenvalue weighted by Gasteiger charge is -2.46. The van der Waals surface area contributed by atoms with Gasteiger partial charge in [-0.2, -0.15) is 0 Å². The van der Waals surface area contributed by atoms with Crippen molar-refractivity contribution in [2.45, 2.75) is 129 Å². The van der Waals surface area contributed by atoms with Crippen LogP contribution in [0, 0.1) is 29.1 Å². The van der Waals surface area contributed by atoms with Gasteiger partial charge in [0.25, 0.3) is 0 Å². The maximum Gasteiger partial charge on any atom is 0.0809 e. The van der Waals surface area contributed by atoms with E-state index < -0.39 is 17.8 Å². The molecule has 0 aromatic heterocycles. The van der Waals surface area contributed by atoms with Gasteiger partial charge in [-0.05, 0) is 106 Å². The van der Waals surface area contributed by atoms with Gasteiger partial charge in [0.1, 0.15) is 0 Å². The molecule has 0 aromatic rings. The quantitative estimate of drug-likeness (QED) is 0.313. The third kappa shape index (κ3) is 6.45. The zero-order valence-electron chi connectivity index (χ0n) is 22.7. The summed E-state index contributed by atoms with van der Waals surface area (Å²) < 4.78 is 0. The average molecular weight is 473 g/mol. The molecule has 0 radical (unpaired) electrons. The van der Waals surface area contributed by atoms with Crippen LogP contribution in [0.2, 0.25) is 0 Å². The zero-order chi connectivity index (χ0) is 25.1. The summed E-state index contributed by atoms with van der Waals surface area (Å²) in [5, 5.41) is 30.8. The molecule has 0 bridgehead atoms. The van der Waals surface area contributed by atoms with E-state index in [2.05, 4.69) is 39.5 Å². The normalized spacial score (nSPS) is 35.4. The highest BCUT2D eigenvalue weighted by atomic mass is 16.3. The number of aliphatic hydroxyl groups is 3. The first-order valence-corrected chi connectivity index (χ1v) is 14.1. The first kappa shape index (κ1) is 27.7. The molecule has 0 spiro atoms. The predicted molar refractivity (Wildman–Crippen MR) is 142 cm³/mol. The van der Waals surface area contributed by atoms with Crippen molar-refractivity contribution in [2.75, 3.05) is 0 Å². The molecule has 0 unspecified atom stereocenters. The van der Waals surface area contributed by atoms with Crippen LogP contribution >= 0.6 is 0 Å². The second kappa shape index (κ2) is 11.4. The Hall–Kier alpha value is -0.900. The third-order valence-corrected chi connectivity index (χ3v) is 9.77. The summed E-state index contributed by atoms with van der Waals surface area (Å²) in [5.41, 5.74) is 3.08. The molecule has 3 nitrogen and oxygen atoms in total. The fraction of sp³-hybridized carbons (Fsp3) is 0.806. The summed E-state index contributed by atoms with van der Waals surface area (Å²) in [4.78, 5) is 0. The Balaban J connectivity index is 1.75. The van der Waals surface area contributed by atoms with E-state index in [0.29, 0.717) is 41.6 Å². The minimum atomic E-state index is -0.620. The Labute approximate surface area is 209 Å². The summed E-state index contributed by atoms with van der Waals surface area (Å²) >= 11 is 0. The van der Waals surface area contributed by atoms with Crippen LogP contribution in [0.1, 0.15) is 112 Å². The Bertz CT molecular complexity index is 741. The molecule has 3 aliphatic carbocycles. The molecular weight excluding hydrogens is 420 g/mol. The molecule has 194 valence electrons. The van der Waals surface area contributed by atoms with Crippen molar-refractivity contribution in [2.24, 2.45) is 29.1 Å². The standard InChI is InChI=1S/C31H52O3/c1-7-8-10-24(16-18-30(4,5)34)21(2)26-14-15-27-25(11-9-17-31(26,27)6)13-12-23-19-28(32)22(3)29(33)20-23/h12-13,21,24,26-29,32-34H,3,7-11,14-20H2,1-2,4-6H3/b25-13+/t21-,24-,26-,27+,28-,29-,31-/m1/s1. The van der Waals surface area contributed by atoms with Gasteiger partial charge in [0.15, 0.2) is 0 Å². The SMILES string of the molecule is C=C1[C@H](O)CC(=C/C=C2\CCC[C@]3(C)[C@@H]([C@H](C)[C@H](CCCC)CCC(C)(C)O)CC[C@@H]23)C[C@H]1O. The molecule has 3 fully saturated rings. The predicted octanol–water partition coefficient (Wildman–Crippen LogP) is 7.12. The number of rotatable bonds is 9.